The number of aryl methyl sites for hydroxylation is 2. The number of ketones is 1. The molecule has 0 unspecified atom stereocenters. The number of carbonyl (C=O) groups excluding carboxylic acids is 1. The molecule has 0 aliphatic carbocycles. The molecule has 0 saturated heterocycles. The van der Waals surface area contributed by atoms with Gasteiger partial charge in [-0.15, -0.1) is 34.9 Å². The summed E-state index contributed by atoms with van der Waals surface area (Å²) in [4.78, 5) is 16.3. The topological polar surface area (TPSA) is 50.2 Å². The number of aromatic nitrogens is 1. The minimum atomic E-state index is -0.417. The Hall–Kier alpha value is -2.29. The second-order valence-corrected chi connectivity index (χ2v) is 11.4. The third-order valence-electron chi connectivity index (χ3n) is 5.57. The zero-order valence-electron chi connectivity index (χ0n) is 22.8. The van der Waals surface area contributed by atoms with Gasteiger partial charge in [-0.1, -0.05) is 93.5 Å². The van der Waals surface area contributed by atoms with Gasteiger partial charge in [0.25, 0.3) is 0 Å². The van der Waals surface area contributed by atoms with Gasteiger partial charge in [0.05, 0.1) is 5.52 Å². The van der Waals surface area contributed by atoms with Crippen LogP contribution in [-0.4, -0.2) is 15.9 Å². The maximum absolute atomic E-state index is 11.5. The fraction of sp³-hybridized carbons (Fsp3) is 0.419. The van der Waals surface area contributed by atoms with Gasteiger partial charge < -0.3 is 5.11 Å². The molecule has 0 saturated carbocycles. The quantitative estimate of drug-likeness (QED) is 0.176. The summed E-state index contributed by atoms with van der Waals surface area (Å²) < 4.78 is 0. The number of pyridine rings is 1. The standard InChI is InChI=1S/C20H20N.C11H20O2.Ir/c1-13(2)18-12-20(16-10-14(3)9-15(4)11-16)21-19-8-6-5-7-17(18)19;1-10(2,3)8(12)7-9(13)11(4,5)6;/h5-10,12-13H,1-4H3;7,12H,1-6H3;/q-1;;/b;8-7-;. The smallest absolute Gasteiger partial charge is 0.164 e. The second kappa shape index (κ2) is 12.1. The van der Waals surface area contributed by atoms with Crippen molar-refractivity contribution in [3.8, 4) is 11.3 Å². The molecular formula is C31H40IrNO2-. The van der Waals surface area contributed by atoms with Crippen LogP contribution in [0, 0.1) is 30.7 Å². The fourth-order valence-electron chi connectivity index (χ4n) is 3.41. The number of benzene rings is 2. The van der Waals surface area contributed by atoms with Gasteiger partial charge in [0.2, 0.25) is 0 Å². The Bertz CT molecular complexity index is 1170. The van der Waals surface area contributed by atoms with Crippen molar-refractivity contribution in [2.75, 3.05) is 0 Å². The zero-order chi connectivity index (χ0) is 25.8. The van der Waals surface area contributed by atoms with Crippen LogP contribution in [0.1, 0.15) is 78.0 Å². The van der Waals surface area contributed by atoms with E-state index in [1.54, 1.807) is 0 Å². The van der Waals surface area contributed by atoms with Crippen LogP contribution in [0.4, 0.5) is 0 Å². The SMILES string of the molecule is CC(C)(C)C(=O)/C=C(\O)C(C)(C)C.Cc1[c-]c(-c2cc(C(C)C)c3ccccc3n2)cc(C)c1.[Ir]. The molecule has 35 heavy (non-hydrogen) atoms. The van der Waals surface area contributed by atoms with Crippen LogP contribution in [0.2, 0.25) is 0 Å². The minimum absolute atomic E-state index is 0. The Morgan fingerprint density at radius 2 is 1.57 bits per heavy atom. The molecule has 1 heterocycles. The number of aliphatic hydroxyl groups excluding tert-OH is 1. The van der Waals surface area contributed by atoms with E-state index in [4.69, 9.17) is 4.98 Å². The molecule has 1 N–H and O–H groups in total. The average Bonchev–Trinajstić information content (AvgIpc) is 2.71. The summed E-state index contributed by atoms with van der Waals surface area (Å²) in [6.45, 7) is 19.8. The predicted molar refractivity (Wildman–Crippen MR) is 144 cm³/mol. The van der Waals surface area contributed by atoms with Crippen LogP contribution in [0.5, 0.6) is 0 Å². The van der Waals surface area contributed by atoms with Crippen LogP contribution >= 0.6 is 0 Å². The first kappa shape index (κ1) is 30.7. The van der Waals surface area contributed by atoms with Gasteiger partial charge in [-0.25, -0.2) is 0 Å². The summed E-state index contributed by atoms with van der Waals surface area (Å²) in [5, 5.41) is 10.8. The van der Waals surface area contributed by atoms with Gasteiger partial charge in [-0.2, -0.15) is 0 Å². The number of hydrogen-bond donors (Lipinski definition) is 1. The van der Waals surface area contributed by atoms with Crippen LogP contribution in [0.25, 0.3) is 22.2 Å². The summed E-state index contributed by atoms with van der Waals surface area (Å²) in [5.74, 6) is 0.579. The van der Waals surface area contributed by atoms with Crippen molar-refractivity contribution < 1.29 is 30.0 Å². The number of carbonyl (C=O) groups is 1. The third kappa shape index (κ3) is 8.70. The van der Waals surface area contributed by atoms with E-state index in [-0.39, 0.29) is 37.1 Å². The normalized spacial score (nSPS) is 12.1. The van der Waals surface area contributed by atoms with Crippen molar-refractivity contribution in [1.82, 2.24) is 4.98 Å². The van der Waals surface area contributed by atoms with Crippen molar-refractivity contribution in [3.05, 3.63) is 77.1 Å². The average molecular weight is 651 g/mol. The third-order valence-corrected chi connectivity index (χ3v) is 5.57. The largest absolute Gasteiger partial charge is 0.512 e. The van der Waals surface area contributed by atoms with E-state index in [2.05, 4.69) is 76.2 Å². The van der Waals surface area contributed by atoms with Crippen LogP contribution in [0.3, 0.4) is 0 Å². The first-order chi connectivity index (χ1) is 15.6. The van der Waals surface area contributed by atoms with Crippen LogP contribution in [0.15, 0.2) is 54.3 Å². The molecule has 0 bridgehead atoms. The molecule has 4 heteroatoms. The number of rotatable bonds is 3. The molecule has 0 aliphatic rings. The Morgan fingerprint density at radius 3 is 2.09 bits per heavy atom. The zero-order valence-corrected chi connectivity index (χ0v) is 25.2. The first-order valence-corrected chi connectivity index (χ1v) is 12.0. The molecule has 191 valence electrons. The maximum Gasteiger partial charge on any atom is 0.164 e. The molecular weight excluding hydrogens is 611 g/mol. The second-order valence-electron chi connectivity index (χ2n) is 11.4. The Balaban J connectivity index is 0.000000383. The van der Waals surface area contributed by atoms with Gasteiger partial charge in [0.1, 0.15) is 5.76 Å². The number of para-hydroxylation sites is 1. The van der Waals surface area contributed by atoms with Gasteiger partial charge in [0, 0.05) is 42.4 Å². The van der Waals surface area contributed by atoms with Crippen LogP contribution < -0.4 is 0 Å². The first-order valence-electron chi connectivity index (χ1n) is 12.0. The Labute approximate surface area is 225 Å². The van der Waals surface area contributed by atoms with Crippen LogP contribution in [-0.2, 0) is 24.9 Å². The van der Waals surface area contributed by atoms with E-state index in [0.717, 1.165) is 22.3 Å². The van der Waals surface area contributed by atoms with E-state index >= 15 is 0 Å². The van der Waals surface area contributed by atoms with Gasteiger partial charge in [0.15, 0.2) is 5.78 Å². The summed E-state index contributed by atoms with van der Waals surface area (Å²) in [6.07, 6.45) is 1.33. The molecule has 2 aromatic carbocycles. The Kier molecular flexibility index (Phi) is 10.6. The summed E-state index contributed by atoms with van der Waals surface area (Å²) in [7, 11) is 0. The summed E-state index contributed by atoms with van der Waals surface area (Å²) in [5.41, 5.74) is 6.16. The molecule has 0 aliphatic heterocycles. The van der Waals surface area contributed by atoms with Gasteiger partial charge in [-0.05, 0) is 23.2 Å². The maximum atomic E-state index is 11.5. The Morgan fingerprint density at radius 1 is 0.971 bits per heavy atom. The van der Waals surface area contributed by atoms with Crippen molar-refractivity contribution in [1.29, 1.82) is 0 Å². The van der Waals surface area contributed by atoms with Crippen molar-refractivity contribution in [2.24, 2.45) is 10.8 Å². The van der Waals surface area contributed by atoms with Gasteiger partial charge >= 0.3 is 0 Å². The predicted octanol–water partition coefficient (Wildman–Crippen LogP) is 8.53. The number of nitrogens with zero attached hydrogens (tertiary/aromatic N) is 1. The molecule has 3 nitrogen and oxygen atoms in total. The molecule has 0 atom stereocenters. The van der Waals surface area contributed by atoms with Crippen molar-refractivity contribution >= 4 is 16.7 Å². The molecule has 0 amide bonds. The summed E-state index contributed by atoms with van der Waals surface area (Å²) in [6, 6.07) is 18.3. The van der Waals surface area contributed by atoms with Crippen molar-refractivity contribution in [2.45, 2.75) is 75.2 Å². The van der Waals surface area contributed by atoms with Gasteiger partial charge in [-0.3, -0.25) is 9.78 Å². The fourth-order valence-corrected chi connectivity index (χ4v) is 3.41. The van der Waals surface area contributed by atoms with E-state index in [9.17, 15) is 9.90 Å². The number of hydrogen-bond acceptors (Lipinski definition) is 3. The number of aliphatic hydroxyl groups is 1. The molecule has 1 aromatic heterocycles. The molecule has 0 spiro atoms. The summed E-state index contributed by atoms with van der Waals surface area (Å²) >= 11 is 0. The monoisotopic (exact) mass is 651 g/mol. The van der Waals surface area contributed by atoms with E-state index in [1.165, 1.54) is 22.6 Å². The van der Waals surface area contributed by atoms with Crippen molar-refractivity contribution in [3.63, 3.8) is 0 Å². The number of fused-ring (bicyclic) bond motifs is 1. The molecule has 1 radical (unpaired) electrons. The van der Waals surface area contributed by atoms with E-state index in [0.29, 0.717) is 5.92 Å². The number of allylic oxidation sites excluding steroid dienone is 2. The molecule has 3 aromatic rings. The van der Waals surface area contributed by atoms with E-state index < -0.39 is 5.41 Å². The molecule has 0 fully saturated rings. The minimum Gasteiger partial charge on any atom is -0.512 e. The molecule has 3 rings (SSSR count). The van der Waals surface area contributed by atoms with E-state index in [1.807, 2.05) is 41.5 Å².